The topological polar surface area (TPSA) is 66.6 Å². The van der Waals surface area contributed by atoms with Gasteiger partial charge in [0.2, 0.25) is 5.91 Å². The summed E-state index contributed by atoms with van der Waals surface area (Å²) in [6, 6.07) is 0. The molecule has 0 aromatic carbocycles. The van der Waals surface area contributed by atoms with Gasteiger partial charge in [0.15, 0.2) is 0 Å². The van der Waals surface area contributed by atoms with Crippen LogP contribution in [0.3, 0.4) is 0 Å². The van der Waals surface area contributed by atoms with E-state index in [4.69, 9.17) is 23.1 Å². The van der Waals surface area contributed by atoms with Crippen LogP contribution in [0.4, 0.5) is 0 Å². The van der Waals surface area contributed by atoms with Crippen LogP contribution < -0.4 is 5.73 Å². The Hall–Kier alpha value is -0.680. The zero-order valence-electron chi connectivity index (χ0n) is 10.2. The minimum Gasteiger partial charge on any atom is -0.396 e. The lowest BCUT2D eigenvalue weighted by Crippen LogP contribution is -2.56. The molecule has 2 rings (SSSR count). The van der Waals surface area contributed by atoms with Crippen molar-refractivity contribution in [1.82, 2.24) is 4.90 Å². The number of carbonyl (C=O) groups is 1. The molecule has 1 atom stereocenters. The second kappa shape index (κ2) is 4.53. The number of rotatable bonds is 3. The van der Waals surface area contributed by atoms with Crippen molar-refractivity contribution < 1.29 is 9.90 Å². The molecule has 0 aromatic heterocycles. The van der Waals surface area contributed by atoms with Crippen LogP contribution in [-0.2, 0) is 4.79 Å². The van der Waals surface area contributed by atoms with Gasteiger partial charge in [0.25, 0.3) is 0 Å². The molecular formula is C12H20N2O2S. The third-order valence-electron chi connectivity index (χ3n) is 4.11. The van der Waals surface area contributed by atoms with E-state index in [9.17, 15) is 4.79 Å². The van der Waals surface area contributed by atoms with Crippen molar-refractivity contribution in [1.29, 1.82) is 0 Å². The average molecular weight is 256 g/mol. The van der Waals surface area contributed by atoms with E-state index in [1.54, 1.807) is 0 Å². The van der Waals surface area contributed by atoms with Crippen LogP contribution in [0, 0.1) is 17.3 Å². The van der Waals surface area contributed by atoms with Crippen LogP contribution in [0.1, 0.15) is 26.2 Å². The fraction of sp³-hybridized carbons (Fsp3) is 0.833. The number of hydrogen-bond donors (Lipinski definition) is 2. The summed E-state index contributed by atoms with van der Waals surface area (Å²) in [5, 5.41) is 9.10. The van der Waals surface area contributed by atoms with Gasteiger partial charge in [-0.3, -0.25) is 4.79 Å². The van der Waals surface area contributed by atoms with Crippen LogP contribution in [0.5, 0.6) is 0 Å². The first kappa shape index (κ1) is 12.8. The Kier molecular flexibility index (Phi) is 3.41. The van der Waals surface area contributed by atoms with Gasteiger partial charge < -0.3 is 15.7 Å². The number of likely N-dealkylation sites (tertiary alicyclic amines) is 1. The number of nitrogens with zero attached hydrogens (tertiary/aromatic N) is 1. The lowest BCUT2D eigenvalue weighted by molar-refractivity contribution is -0.143. The van der Waals surface area contributed by atoms with Crippen molar-refractivity contribution in [2.75, 3.05) is 19.7 Å². The van der Waals surface area contributed by atoms with Crippen molar-refractivity contribution in [2.24, 2.45) is 23.0 Å². The zero-order chi connectivity index (χ0) is 12.6. The number of thiocarbonyl (C=S) groups is 1. The Morgan fingerprint density at radius 1 is 1.59 bits per heavy atom. The predicted molar refractivity (Wildman–Crippen MR) is 69.4 cm³/mol. The fourth-order valence-corrected chi connectivity index (χ4v) is 3.33. The molecule has 0 aromatic rings. The maximum Gasteiger partial charge on any atom is 0.235 e. The summed E-state index contributed by atoms with van der Waals surface area (Å²) in [6.07, 6.45) is 2.44. The number of hydrogen-bond acceptors (Lipinski definition) is 3. The van der Waals surface area contributed by atoms with Gasteiger partial charge >= 0.3 is 0 Å². The van der Waals surface area contributed by atoms with Gasteiger partial charge in [-0.2, -0.15) is 0 Å². The largest absolute Gasteiger partial charge is 0.396 e. The standard InChI is InChI=1S/C12H20N2O2S/c1-8-4-12(5-8,10(13)17)11(16)14-3-2-9(6-14)7-15/h8-9,15H,2-7H2,1H3,(H2,13,17). The molecule has 1 heterocycles. The lowest BCUT2D eigenvalue weighted by Gasteiger charge is -2.46. The SMILES string of the molecule is CC1CC(C(=O)N2CCC(CO)C2)(C(N)=S)C1. The summed E-state index contributed by atoms with van der Waals surface area (Å²) < 4.78 is 0. The van der Waals surface area contributed by atoms with E-state index >= 15 is 0 Å². The van der Waals surface area contributed by atoms with Gasteiger partial charge in [0.05, 0.1) is 10.4 Å². The molecule has 2 fully saturated rings. The molecule has 0 spiro atoms. The Labute approximate surface area is 107 Å². The summed E-state index contributed by atoms with van der Waals surface area (Å²) >= 11 is 5.08. The van der Waals surface area contributed by atoms with Gasteiger partial charge in [0, 0.05) is 25.6 Å². The monoisotopic (exact) mass is 256 g/mol. The molecule has 3 N–H and O–H groups in total. The van der Waals surface area contributed by atoms with Crippen molar-refractivity contribution in [3.63, 3.8) is 0 Å². The molecule has 1 saturated carbocycles. The third kappa shape index (κ3) is 2.06. The van der Waals surface area contributed by atoms with E-state index < -0.39 is 5.41 Å². The van der Waals surface area contributed by atoms with Crippen molar-refractivity contribution in [3.05, 3.63) is 0 Å². The van der Waals surface area contributed by atoms with E-state index in [2.05, 4.69) is 6.92 Å². The highest BCUT2D eigenvalue weighted by atomic mass is 32.1. The first-order chi connectivity index (χ1) is 7.99. The number of aliphatic hydroxyl groups excluding tert-OH is 1. The number of carbonyl (C=O) groups excluding carboxylic acids is 1. The summed E-state index contributed by atoms with van der Waals surface area (Å²) in [5.74, 6) is 0.829. The van der Waals surface area contributed by atoms with E-state index in [-0.39, 0.29) is 18.4 Å². The lowest BCUT2D eigenvalue weighted by atomic mass is 9.61. The normalized spacial score (nSPS) is 36.7. The van der Waals surface area contributed by atoms with E-state index in [0.29, 0.717) is 17.5 Å². The molecule has 2 aliphatic rings. The second-order valence-corrected chi connectivity index (χ2v) is 5.99. The minimum absolute atomic E-state index is 0.0825. The molecule has 1 aliphatic carbocycles. The Morgan fingerprint density at radius 3 is 2.65 bits per heavy atom. The van der Waals surface area contributed by atoms with Crippen molar-refractivity contribution in [2.45, 2.75) is 26.2 Å². The summed E-state index contributed by atoms with van der Waals surface area (Å²) in [6.45, 7) is 3.64. The van der Waals surface area contributed by atoms with E-state index in [1.807, 2.05) is 4.90 Å². The highest BCUT2D eigenvalue weighted by Crippen LogP contribution is 2.47. The van der Waals surface area contributed by atoms with Crippen LogP contribution in [0.15, 0.2) is 0 Å². The molecule has 1 amide bonds. The van der Waals surface area contributed by atoms with Crippen LogP contribution in [0.25, 0.3) is 0 Å². The first-order valence-corrected chi connectivity index (χ1v) is 6.60. The summed E-state index contributed by atoms with van der Waals surface area (Å²) in [7, 11) is 0. The summed E-state index contributed by atoms with van der Waals surface area (Å²) in [4.78, 5) is 14.6. The van der Waals surface area contributed by atoms with E-state index in [1.165, 1.54) is 0 Å². The van der Waals surface area contributed by atoms with Crippen LogP contribution in [-0.4, -0.2) is 40.6 Å². The Morgan fingerprint density at radius 2 is 2.24 bits per heavy atom. The highest BCUT2D eigenvalue weighted by molar-refractivity contribution is 7.80. The van der Waals surface area contributed by atoms with Gasteiger partial charge in [-0.1, -0.05) is 19.1 Å². The van der Waals surface area contributed by atoms with Crippen molar-refractivity contribution in [3.8, 4) is 0 Å². The molecule has 5 heteroatoms. The number of nitrogens with two attached hydrogens (primary N) is 1. The predicted octanol–water partition coefficient (Wildman–Crippen LogP) is 0.530. The summed E-state index contributed by atoms with van der Waals surface area (Å²) in [5.41, 5.74) is 5.18. The van der Waals surface area contributed by atoms with E-state index in [0.717, 1.165) is 25.8 Å². The average Bonchev–Trinajstić information content (AvgIpc) is 2.71. The molecular weight excluding hydrogens is 236 g/mol. The number of amides is 1. The Balaban J connectivity index is 2.06. The fourth-order valence-electron chi connectivity index (χ4n) is 3.08. The minimum atomic E-state index is -0.584. The van der Waals surface area contributed by atoms with Gasteiger partial charge in [0.1, 0.15) is 0 Å². The molecule has 17 heavy (non-hydrogen) atoms. The molecule has 0 radical (unpaired) electrons. The third-order valence-corrected chi connectivity index (χ3v) is 4.50. The zero-order valence-corrected chi connectivity index (χ0v) is 11.0. The smallest absolute Gasteiger partial charge is 0.235 e. The first-order valence-electron chi connectivity index (χ1n) is 6.19. The van der Waals surface area contributed by atoms with Crippen LogP contribution in [0.2, 0.25) is 0 Å². The number of aliphatic hydroxyl groups is 1. The quantitative estimate of drug-likeness (QED) is 0.723. The molecule has 1 saturated heterocycles. The molecule has 96 valence electrons. The molecule has 0 bridgehead atoms. The second-order valence-electron chi connectivity index (χ2n) is 5.55. The van der Waals surface area contributed by atoms with Gasteiger partial charge in [-0.05, 0) is 25.2 Å². The van der Waals surface area contributed by atoms with Gasteiger partial charge in [-0.15, -0.1) is 0 Å². The van der Waals surface area contributed by atoms with Crippen molar-refractivity contribution >= 4 is 23.1 Å². The molecule has 4 nitrogen and oxygen atoms in total. The maximum atomic E-state index is 12.5. The Bertz CT molecular complexity index is 339. The highest BCUT2D eigenvalue weighted by Gasteiger charge is 2.53. The molecule has 1 unspecified atom stereocenters. The molecule has 1 aliphatic heterocycles. The van der Waals surface area contributed by atoms with Gasteiger partial charge in [-0.25, -0.2) is 0 Å². The van der Waals surface area contributed by atoms with Crippen LogP contribution >= 0.6 is 12.2 Å². The maximum absolute atomic E-state index is 12.5.